The molecule has 1 aromatic heterocycles. The second kappa shape index (κ2) is 3.34. The third kappa shape index (κ3) is 1.52. The number of hydrogen-bond donors (Lipinski definition) is 1. The van der Waals surface area contributed by atoms with Crippen LogP contribution < -0.4 is 4.74 Å². The van der Waals surface area contributed by atoms with Gasteiger partial charge in [-0.25, -0.2) is 4.98 Å². The topological polar surface area (TPSA) is 42.4 Å². The molecule has 1 N–H and O–H groups in total. The smallest absolute Gasteiger partial charge is 0.213 e. The summed E-state index contributed by atoms with van der Waals surface area (Å²) >= 11 is 0. The Morgan fingerprint density at radius 2 is 2.46 bits per heavy atom. The summed E-state index contributed by atoms with van der Waals surface area (Å²) in [5, 5.41) is 9.64. The molecule has 0 radical (unpaired) electrons. The van der Waals surface area contributed by atoms with Gasteiger partial charge >= 0.3 is 0 Å². The maximum absolute atomic E-state index is 9.64. The summed E-state index contributed by atoms with van der Waals surface area (Å²) in [7, 11) is 1.61. The largest absolute Gasteiger partial charge is 0.481 e. The number of rotatable bonds is 1. The number of aromatic nitrogens is 1. The Bertz CT molecular complexity index is 312. The first-order chi connectivity index (χ1) is 6.31. The highest BCUT2D eigenvalue weighted by atomic mass is 16.5. The van der Waals surface area contributed by atoms with Crippen LogP contribution in [0.15, 0.2) is 12.3 Å². The van der Waals surface area contributed by atoms with Crippen molar-refractivity contribution in [1.29, 1.82) is 0 Å². The number of methoxy groups -OCH3 is 1. The fraction of sp³-hybridized carbons (Fsp3) is 0.500. The highest BCUT2D eigenvalue weighted by Crippen LogP contribution is 2.30. The first-order valence-corrected chi connectivity index (χ1v) is 4.52. The van der Waals surface area contributed by atoms with Crippen molar-refractivity contribution in [3.63, 3.8) is 0 Å². The molecule has 1 aromatic rings. The predicted molar refractivity (Wildman–Crippen MR) is 48.7 cm³/mol. The van der Waals surface area contributed by atoms with E-state index in [9.17, 15) is 5.11 Å². The van der Waals surface area contributed by atoms with E-state index in [1.54, 1.807) is 13.3 Å². The van der Waals surface area contributed by atoms with Gasteiger partial charge in [0, 0.05) is 17.8 Å². The lowest BCUT2D eigenvalue weighted by atomic mass is 9.91. The molecule has 3 nitrogen and oxygen atoms in total. The molecule has 0 bridgehead atoms. The second-order valence-electron chi connectivity index (χ2n) is 3.33. The molecule has 0 aliphatic heterocycles. The van der Waals surface area contributed by atoms with Crippen LogP contribution in [0.1, 0.15) is 30.1 Å². The van der Waals surface area contributed by atoms with E-state index in [-0.39, 0.29) is 6.10 Å². The van der Waals surface area contributed by atoms with Gasteiger partial charge in [0.15, 0.2) is 0 Å². The van der Waals surface area contributed by atoms with Crippen LogP contribution in [-0.4, -0.2) is 17.2 Å². The first kappa shape index (κ1) is 8.51. The zero-order valence-electron chi connectivity index (χ0n) is 7.66. The third-order valence-corrected chi connectivity index (χ3v) is 2.49. The monoisotopic (exact) mass is 179 g/mol. The van der Waals surface area contributed by atoms with Gasteiger partial charge in [0.1, 0.15) is 0 Å². The summed E-state index contributed by atoms with van der Waals surface area (Å²) in [4.78, 5) is 4.08. The number of nitrogens with zero attached hydrogens (tertiary/aromatic N) is 1. The maximum atomic E-state index is 9.64. The van der Waals surface area contributed by atoms with Gasteiger partial charge in [-0.15, -0.1) is 0 Å². The molecule has 0 fully saturated rings. The number of fused-ring (bicyclic) bond motifs is 1. The van der Waals surface area contributed by atoms with Gasteiger partial charge in [-0.3, -0.25) is 0 Å². The molecule has 3 heteroatoms. The van der Waals surface area contributed by atoms with Crippen molar-refractivity contribution in [2.75, 3.05) is 7.11 Å². The van der Waals surface area contributed by atoms with Crippen molar-refractivity contribution < 1.29 is 9.84 Å². The minimum atomic E-state index is -0.331. The highest BCUT2D eigenvalue weighted by molar-refractivity contribution is 5.32. The molecule has 0 spiro atoms. The van der Waals surface area contributed by atoms with Gasteiger partial charge < -0.3 is 9.84 Å². The van der Waals surface area contributed by atoms with Crippen molar-refractivity contribution in [2.45, 2.75) is 25.4 Å². The van der Waals surface area contributed by atoms with Gasteiger partial charge in [0.05, 0.1) is 13.2 Å². The molecule has 1 aliphatic carbocycles. The molecule has 0 aromatic carbocycles. The maximum Gasteiger partial charge on any atom is 0.213 e. The Labute approximate surface area is 77.4 Å². The van der Waals surface area contributed by atoms with Crippen LogP contribution in [0.5, 0.6) is 5.88 Å². The average Bonchev–Trinajstić information content (AvgIpc) is 2.18. The van der Waals surface area contributed by atoms with E-state index in [4.69, 9.17) is 4.74 Å². The average molecular weight is 179 g/mol. The Kier molecular flexibility index (Phi) is 2.19. The molecule has 0 amide bonds. The van der Waals surface area contributed by atoms with Crippen molar-refractivity contribution in [3.8, 4) is 5.88 Å². The molecule has 1 atom stereocenters. The molecular weight excluding hydrogens is 166 g/mol. The summed E-state index contributed by atoms with van der Waals surface area (Å²) in [5.41, 5.74) is 2.14. The minimum Gasteiger partial charge on any atom is -0.481 e. The number of ether oxygens (including phenoxy) is 1. The zero-order valence-corrected chi connectivity index (χ0v) is 7.66. The lowest BCUT2D eigenvalue weighted by molar-refractivity contribution is 0.156. The van der Waals surface area contributed by atoms with Crippen LogP contribution in [0.4, 0.5) is 0 Å². The Balaban J connectivity index is 2.39. The standard InChI is InChI=1S/C10H13NO2/c1-13-10-5-7-3-2-4-9(12)8(7)6-11-10/h5-6,9,12H,2-4H2,1H3. The Morgan fingerprint density at radius 3 is 3.23 bits per heavy atom. The van der Waals surface area contributed by atoms with Crippen molar-refractivity contribution in [3.05, 3.63) is 23.4 Å². The SMILES string of the molecule is COc1cc2c(cn1)C(O)CCC2. The quantitative estimate of drug-likeness (QED) is 0.709. The van der Waals surface area contributed by atoms with Gasteiger partial charge in [-0.2, -0.15) is 0 Å². The van der Waals surface area contributed by atoms with Crippen LogP contribution in [-0.2, 0) is 6.42 Å². The predicted octanol–water partition coefficient (Wildman–Crippen LogP) is 1.46. The van der Waals surface area contributed by atoms with Crippen LogP contribution in [0.25, 0.3) is 0 Å². The molecular formula is C10H13NO2. The van der Waals surface area contributed by atoms with Gasteiger partial charge in [0.2, 0.25) is 5.88 Å². The third-order valence-electron chi connectivity index (χ3n) is 2.49. The second-order valence-corrected chi connectivity index (χ2v) is 3.33. The number of hydrogen-bond acceptors (Lipinski definition) is 3. The van der Waals surface area contributed by atoms with Gasteiger partial charge in [-0.05, 0) is 24.8 Å². The van der Waals surface area contributed by atoms with E-state index in [1.807, 2.05) is 6.07 Å². The van der Waals surface area contributed by atoms with E-state index < -0.39 is 0 Å². The molecule has 0 saturated heterocycles. The summed E-state index contributed by atoms with van der Waals surface area (Å²) in [5.74, 6) is 0.632. The first-order valence-electron chi connectivity index (χ1n) is 4.52. The number of aliphatic hydroxyl groups excluding tert-OH is 1. The van der Waals surface area contributed by atoms with Crippen molar-refractivity contribution >= 4 is 0 Å². The summed E-state index contributed by atoms with van der Waals surface area (Å²) in [6, 6.07) is 1.91. The summed E-state index contributed by atoms with van der Waals surface area (Å²) in [6.07, 6.45) is 4.30. The lowest BCUT2D eigenvalue weighted by Crippen LogP contribution is -2.09. The molecule has 0 saturated carbocycles. The van der Waals surface area contributed by atoms with Gasteiger partial charge in [-0.1, -0.05) is 0 Å². The van der Waals surface area contributed by atoms with Crippen LogP contribution >= 0.6 is 0 Å². The summed E-state index contributed by atoms with van der Waals surface area (Å²) < 4.78 is 5.02. The fourth-order valence-corrected chi connectivity index (χ4v) is 1.76. The van der Waals surface area contributed by atoms with E-state index in [2.05, 4.69) is 4.98 Å². The van der Waals surface area contributed by atoms with E-state index in [1.165, 1.54) is 5.56 Å². The molecule has 1 aliphatic rings. The van der Waals surface area contributed by atoms with E-state index in [0.29, 0.717) is 5.88 Å². The number of pyridine rings is 1. The van der Waals surface area contributed by atoms with Crippen LogP contribution in [0.3, 0.4) is 0 Å². The van der Waals surface area contributed by atoms with Crippen LogP contribution in [0.2, 0.25) is 0 Å². The highest BCUT2D eigenvalue weighted by Gasteiger charge is 2.18. The molecule has 1 unspecified atom stereocenters. The van der Waals surface area contributed by atoms with Gasteiger partial charge in [0.25, 0.3) is 0 Å². The van der Waals surface area contributed by atoms with Crippen molar-refractivity contribution in [2.24, 2.45) is 0 Å². The minimum absolute atomic E-state index is 0.331. The van der Waals surface area contributed by atoms with E-state index in [0.717, 1.165) is 24.8 Å². The zero-order chi connectivity index (χ0) is 9.26. The van der Waals surface area contributed by atoms with Crippen molar-refractivity contribution in [1.82, 2.24) is 4.98 Å². The fourth-order valence-electron chi connectivity index (χ4n) is 1.76. The summed E-state index contributed by atoms with van der Waals surface area (Å²) in [6.45, 7) is 0. The van der Waals surface area contributed by atoms with E-state index >= 15 is 0 Å². The normalized spacial score (nSPS) is 20.9. The molecule has 70 valence electrons. The molecule has 2 rings (SSSR count). The number of aryl methyl sites for hydroxylation is 1. The lowest BCUT2D eigenvalue weighted by Gasteiger charge is -2.20. The molecule has 1 heterocycles. The number of aliphatic hydroxyl groups is 1. The Morgan fingerprint density at radius 1 is 1.62 bits per heavy atom. The Hall–Kier alpha value is -1.09. The van der Waals surface area contributed by atoms with Crippen LogP contribution in [0, 0.1) is 0 Å². The molecule has 13 heavy (non-hydrogen) atoms.